The number of alkyl carbamates (subject to hydrolysis) is 1. The molecule has 0 heterocycles. The number of hydrogen-bond donors (Lipinski definition) is 3. The summed E-state index contributed by atoms with van der Waals surface area (Å²) in [6.45, 7) is 0.828. The molecular weight excluding hydrogens is 428 g/mol. The highest BCUT2D eigenvalue weighted by Gasteiger charge is 2.50. The zero-order valence-electron chi connectivity index (χ0n) is 17.6. The molecule has 2 aliphatic carbocycles. The van der Waals surface area contributed by atoms with Gasteiger partial charge in [0.25, 0.3) is 0 Å². The molecule has 0 bridgehead atoms. The van der Waals surface area contributed by atoms with Gasteiger partial charge in [-0.1, -0.05) is 48.5 Å². The molecule has 2 aromatic rings. The highest BCUT2D eigenvalue weighted by atomic mass is 32.2. The fraction of sp³-hybridized carbons (Fsp3) is 0.375. The summed E-state index contributed by atoms with van der Waals surface area (Å²) in [6.07, 6.45) is 0.744. The summed E-state index contributed by atoms with van der Waals surface area (Å²) in [7, 11) is 0. The maximum Gasteiger partial charge on any atom is 0.407 e. The van der Waals surface area contributed by atoms with Gasteiger partial charge in [-0.3, -0.25) is 9.59 Å². The number of aliphatic carboxylic acids is 1. The van der Waals surface area contributed by atoms with Crippen molar-refractivity contribution in [1.29, 1.82) is 0 Å². The topological polar surface area (TPSA) is 105 Å². The van der Waals surface area contributed by atoms with Gasteiger partial charge >= 0.3 is 12.1 Å². The Morgan fingerprint density at radius 2 is 1.62 bits per heavy atom. The molecule has 3 N–H and O–H groups in total. The van der Waals surface area contributed by atoms with Crippen molar-refractivity contribution in [3.05, 3.63) is 59.7 Å². The minimum absolute atomic E-state index is 0.0202. The summed E-state index contributed by atoms with van der Waals surface area (Å²) >= 11 is 1.38. The third kappa shape index (κ3) is 4.91. The molecule has 168 valence electrons. The number of ether oxygens (including phenoxy) is 1. The third-order valence-electron chi connectivity index (χ3n) is 6.02. The predicted octanol–water partition coefficient (Wildman–Crippen LogP) is 3.24. The minimum atomic E-state index is -0.849. The standard InChI is InChI=1S/C24H26N2O5S/c27-21(26-15-24(9-10-24)22(28)29)14-32-12-11-25-23(30)31-13-20-18-7-3-1-5-16(18)17-6-2-4-8-19(17)20/h1-8,20H,9-15H2,(H,25,30)(H,26,27)(H,28,29). The van der Waals surface area contributed by atoms with E-state index in [1.807, 2.05) is 24.3 Å². The summed E-state index contributed by atoms with van der Waals surface area (Å²) in [5.41, 5.74) is 3.94. The lowest BCUT2D eigenvalue weighted by molar-refractivity contribution is -0.143. The molecule has 7 nitrogen and oxygen atoms in total. The molecule has 2 aliphatic rings. The first-order valence-corrected chi connectivity index (χ1v) is 11.8. The second-order valence-electron chi connectivity index (χ2n) is 8.17. The molecule has 0 atom stereocenters. The molecule has 8 heteroatoms. The maximum atomic E-state index is 12.1. The van der Waals surface area contributed by atoms with Gasteiger partial charge in [0, 0.05) is 24.8 Å². The Labute approximate surface area is 190 Å². The first-order chi connectivity index (χ1) is 15.5. The summed E-state index contributed by atoms with van der Waals surface area (Å²) in [5.74, 6) is -0.239. The summed E-state index contributed by atoms with van der Waals surface area (Å²) in [5, 5.41) is 14.5. The van der Waals surface area contributed by atoms with E-state index in [1.165, 1.54) is 34.0 Å². The van der Waals surface area contributed by atoms with E-state index in [4.69, 9.17) is 9.84 Å². The normalized spacial score (nSPS) is 15.4. The van der Waals surface area contributed by atoms with Gasteiger partial charge in [0.2, 0.25) is 5.91 Å². The first-order valence-electron chi connectivity index (χ1n) is 10.7. The van der Waals surface area contributed by atoms with Crippen molar-refractivity contribution in [3.8, 4) is 11.1 Å². The van der Waals surface area contributed by atoms with Crippen LogP contribution in [0.25, 0.3) is 11.1 Å². The second kappa shape index (κ2) is 9.65. The maximum absolute atomic E-state index is 12.1. The lowest BCUT2D eigenvalue weighted by Gasteiger charge is -2.14. The van der Waals surface area contributed by atoms with Crippen molar-refractivity contribution < 1.29 is 24.2 Å². The van der Waals surface area contributed by atoms with E-state index in [1.54, 1.807) is 0 Å². The SMILES string of the molecule is O=C(CSCCNC(=O)OCC1c2ccccc2-c2ccccc21)NCC1(C(=O)O)CC1. The summed E-state index contributed by atoms with van der Waals surface area (Å²) < 4.78 is 5.48. The monoisotopic (exact) mass is 454 g/mol. The number of hydrogen-bond acceptors (Lipinski definition) is 5. The Morgan fingerprint density at radius 3 is 2.22 bits per heavy atom. The van der Waals surface area contributed by atoms with E-state index < -0.39 is 17.5 Å². The van der Waals surface area contributed by atoms with Gasteiger partial charge in [-0.05, 0) is 35.1 Å². The van der Waals surface area contributed by atoms with Gasteiger partial charge in [0.05, 0.1) is 11.2 Å². The lowest BCUT2D eigenvalue weighted by Crippen LogP contribution is -2.35. The third-order valence-corrected chi connectivity index (χ3v) is 6.98. The van der Waals surface area contributed by atoms with Crippen LogP contribution in [0.1, 0.15) is 29.9 Å². The molecule has 2 aromatic carbocycles. The van der Waals surface area contributed by atoms with Crippen molar-refractivity contribution in [3.63, 3.8) is 0 Å². The number of carboxylic acid groups (broad SMARTS) is 1. The molecule has 0 unspecified atom stereocenters. The van der Waals surface area contributed by atoms with Crippen LogP contribution < -0.4 is 10.6 Å². The quantitative estimate of drug-likeness (QED) is 0.476. The molecule has 0 spiro atoms. The first kappa shape index (κ1) is 22.2. The number of carbonyl (C=O) groups is 3. The molecule has 0 aromatic heterocycles. The molecule has 4 rings (SSSR count). The second-order valence-corrected chi connectivity index (χ2v) is 9.27. The van der Waals surface area contributed by atoms with Crippen LogP contribution >= 0.6 is 11.8 Å². The van der Waals surface area contributed by atoms with Crippen molar-refractivity contribution in [2.75, 3.05) is 31.2 Å². The average Bonchev–Trinajstić information content (AvgIpc) is 3.53. The predicted molar refractivity (Wildman–Crippen MR) is 123 cm³/mol. The van der Waals surface area contributed by atoms with Crippen LogP contribution in [0.15, 0.2) is 48.5 Å². The Hall–Kier alpha value is -3.00. The smallest absolute Gasteiger partial charge is 0.407 e. The Balaban J connectivity index is 1.14. The van der Waals surface area contributed by atoms with E-state index in [0.29, 0.717) is 25.1 Å². The molecule has 0 saturated heterocycles. The number of thioether (sulfide) groups is 1. The van der Waals surface area contributed by atoms with E-state index in [0.717, 1.165) is 0 Å². The van der Waals surface area contributed by atoms with Crippen LogP contribution in [0.5, 0.6) is 0 Å². The van der Waals surface area contributed by atoms with Gasteiger partial charge in [0.1, 0.15) is 6.61 Å². The molecule has 0 radical (unpaired) electrons. The van der Waals surface area contributed by atoms with Gasteiger partial charge in [-0.25, -0.2) is 4.79 Å². The van der Waals surface area contributed by atoms with Crippen LogP contribution in [0, 0.1) is 5.41 Å². The van der Waals surface area contributed by atoms with Crippen LogP contribution in [0.3, 0.4) is 0 Å². The Morgan fingerprint density at radius 1 is 1.00 bits per heavy atom. The molecular formula is C24H26N2O5S. The molecule has 1 fully saturated rings. The summed E-state index contributed by atoms with van der Waals surface area (Å²) in [4.78, 5) is 35.1. The van der Waals surface area contributed by atoms with E-state index in [9.17, 15) is 14.4 Å². The number of amides is 2. The minimum Gasteiger partial charge on any atom is -0.481 e. The highest BCUT2D eigenvalue weighted by molar-refractivity contribution is 7.99. The Kier molecular flexibility index (Phi) is 6.69. The zero-order chi connectivity index (χ0) is 22.6. The molecule has 0 aliphatic heterocycles. The number of fused-ring (bicyclic) bond motifs is 3. The van der Waals surface area contributed by atoms with Crippen LogP contribution in [-0.2, 0) is 14.3 Å². The average molecular weight is 455 g/mol. The number of benzene rings is 2. The highest BCUT2D eigenvalue weighted by Crippen LogP contribution is 2.45. The number of nitrogens with one attached hydrogen (secondary N) is 2. The van der Waals surface area contributed by atoms with Gasteiger partial charge in [-0.15, -0.1) is 0 Å². The molecule has 2 amide bonds. The zero-order valence-corrected chi connectivity index (χ0v) is 18.5. The largest absolute Gasteiger partial charge is 0.481 e. The number of rotatable bonds is 10. The van der Waals surface area contributed by atoms with Crippen LogP contribution in [0.4, 0.5) is 4.79 Å². The van der Waals surface area contributed by atoms with Crippen LogP contribution in [0.2, 0.25) is 0 Å². The fourth-order valence-corrected chi connectivity index (χ4v) is 4.65. The molecule has 32 heavy (non-hydrogen) atoms. The number of carbonyl (C=O) groups excluding carboxylic acids is 2. The van der Waals surface area contributed by atoms with Gasteiger partial charge in [-0.2, -0.15) is 11.8 Å². The van der Waals surface area contributed by atoms with Gasteiger partial charge in [0.15, 0.2) is 0 Å². The van der Waals surface area contributed by atoms with Gasteiger partial charge < -0.3 is 20.5 Å². The number of carboxylic acids is 1. The lowest BCUT2D eigenvalue weighted by atomic mass is 9.98. The Bertz CT molecular complexity index is 975. The van der Waals surface area contributed by atoms with E-state index in [-0.39, 0.29) is 30.7 Å². The van der Waals surface area contributed by atoms with Crippen molar-refractivity contribution >= 4 is 29.7 Å². The van der Waals surface area contributed by atoms with Crippen molar-refractivity contribution in [2.24, 2.45) is 5.41 Å². The van der Waals surface area contributed by atoms with Crippen molar-refractivity contribution in [1.82, 2.24) is 10.6 Å². The molecule has 1 saturated carbocycles. The van der Waals surface area contributed by atoms with E-state index in [2.05, 4.69) is 34.9 Å². The van der Waals surface area contributed by atoms with E-state index >= 15 is 0 Å². The summed E-state index contributed by atoms with van der Waals surface area (Å²) in [6, 6.07) is 16.4. The van der Waals surface area contributed by atoms with Crippen LogP contribution in [-0.4, -0.2) is 54.3 Å². The van der Waals surface area contributed by atoms with Crippen molar-refractivity contribution in [2.45, 2.75) is 18.8 Å². The fourth-order valence-electron chi connectivity index (χ4n) is 3.98.